The van der Waals surface area contributed by atoms with Crippen molar-refractivity contribution in [2.75, 3.05) is 32.6 Å². The van der Waals surface area contributed by atoms with E-state index < -0.39 is 0 Å². The molecule has 96 valence electrons. The smallest absolute Gasteiger partial charge is 0.258 e. The average Bonchev–Trinajstić information content (AvgIpc) is 2.37. The lowest BCUT2D eigenvalue weighted by Crippen LogP contribution is -2.31. The van der Waals surface area contributed by atoms with Crippen LogP contribution in [0.25, 0.3) is 0 Å². The van der Waals surface area contributed by atoms with Gasteiger partial charge in [-0.05, 0) is 18.2 Å². The molecule has 0 saturated heterocycles. The van der Waals surface area contributed by atoms with Gasteiger partial charge in [-0.25, -0.2) is 0 Å². The Hall–Kier alpha value is -2.26. The molecule has 3 N–H and O–H groups in total. The number of nitrogens with one attached hydrogen (secondary N) is 1. The summed E-state index contributed by atoms with van der Waals surface area (Å²) in [6.07, 6.45) is 0. The van der Waals surface area contributed by atoms with E-state index in [9.17, 15) is 4.79 Å². The largest absolute Gasteiger partial charge is 0.482 e. The minimum absolute atomic E-state index is 0.125. The molecule has 0 unspecified atom stereocenters. The van der Waals surface area contributed by atoms with Crippen LogP contribution < -0.4 is 15.8 Å². The standard InChI is InChI=1S/C12H15N3O3/c1-17-5-4-15-12(16)8-18-11-3-2-9(7-13)6-10(11)14/h2-3,6H,4-5,8,14H2,1H3,(H,15,16). The van der Waals surface area contributed by atoms with Gasteiger partial charge in [-0.1, -0.05) is 0 Å². The summed E-state index contributed by atoms with van der Waals surface area (Å²) in [6.45, 7) is 0.756. The Morgan fingerprint density at radius 3 is 2.94 bits per heavy atom. The summed E-state index contributed by atoms with van der Waals surface area (Å²) < 4.78 is 10.0. The lowest BCUT2D eigenvalue weighted by Gasteiger charge is -2.09. The normalized spacial score (nSPS) is 9.56. The van der Waals surface area contributed by atoms with Gasteiger partial charge in [0.05, 0.1) is 23.9 Å². The molecule has 0 aromatic heterocycles. The molecule has 0 heterocycles. The molecule has 1 amide bonds. The molecular weight excluding hydrogens is 234 g/mol. The molecule has 0 aliphatic carbocycles. The summed E-state index contributed by atoms with van der Waals surface area (Å²) in [5, 5.41) is 11.3. The second kappa shape index (κ2) is 7.14. The molecule has 1 aromatic carbocycles. The maximum Gasteiger partial charge on any atom is 0.258 e. The zero-order chi connectivity index (χ0) is 13.4. The molecule has 0 saturated carbocycles. The minimum atomic E-state index is -0.254. The Morgan fingerprint density at radius 2 is 2.33 bits per heavy atom. The third kappa shape index (κ3) is 4.31. The maximum atomic E-state index is 11.3. The molecule has 0 radical (unpaired) electrons. The number of carbonyl (C=O) groups is 1. The molecule has 1 rings (SSSR count). The van der Waals surface area contributed by atoms with Crippen molar-refractivity contribution in [3.8, 4) is 11.8 Å². The zero-order valence-corrected chi connectivity index (χ0v) is 10.1. The molecule has 18 heavy (non-hydrogen) atoms. The van der Waals surface area contributed by atoms with E-state index in [4.69, 9.17) is 20.5 Å². The van der Waals surface area contributed by atoms with E-state index in [-0.39, 0.29) is 12.5 Å². The van der Waals surface area contributed by atoms with Crippen molar-refractivity contribution in [2.45, 2.75) is 0 Å². The lowest BCUT2D eigenvalue weighted by molar-refractivity contribution is -0.123. The first-order chi connectivity index (χ1) is 8.67. The van der Waals surface area contributed by atoms with Gasteiger partial charge in [0.15, 0.2) is 6.61 Å². The zero-order valence-electron chi connectivity index (χ0n) is 10.1. The molecule has 6 nitrogen and oxygen atoms in total. The Bertz CT molecular complexity index is 454. The first-order valence-corrected chi connectivity index (χ1v) is 5.35. The van der Waals surface area contributed by atoms with Gasteiger partial charge in [0.2, 0.25) is 0 Å². The highest BCUT2D eigenvalue weighted by Crippen LogP contribution is 2.21. The van der Waals surface area contributed by atoms with E-state index in [1.807, 2.05) is 6.07 Å². The van der Waals surface area contributed by atoms with Crippen LogP contribution in [0.2, 0.25) is 0 Å². The highest BCUT2D eigenvalue weighted by Gasteiger charge is 2.05. The van der Waals surface area contributed by atoms with Gasteiger partial charge in [-0.3, -0.25) is 4.79 Å². The van der Waals surface area contributed by atoms with E-state index in [0.717, 1.165) is 0 Å². The molecule has 1 aromatic rings. The van der Waals surface area contributed by atoms with Gasteiger partial charge < -0.3 is 20.5 Å². The maximum absolute atomic E-state index is 11.3. The second-order valence-corrected chi connectivity index (χ2v) is 3.50. The molecule has 6 heteroatoms. The van der Waals surface area contributed by atoms with Gasteiger partial charge in [0.1, 0.15) is 5.75 Å². The van der Waals surface area contributed by atoms with Crippen molar-refractivity contribution in [3.63, 3.8) is 0 Å². The predicted molar refractivity (Wildman–Crippen MR) is 66.0 cm³/mol. The van der Waals surface area contributed by atoms with E-state index >= 15 is 0 Å². The predicted octanol–water partition coefficient (Wildman–Crippen LogP) is 0.282. The van der Waals surface area contributed by atoms with Gasteiger partial charge in [0.25, 0.3) is 5.91 Å². The molecule has 0 atom stereocenters. The summed E-state index contributed by atoms with van der Waals surface area (Å²) in [6, 6.07) is 6.61. The number of anilines is 1. The van der Waals surface area contributed by atoms with Crippen LogP contribution in [0.3, 0.4) is 0 Å². The van der Waals surface area contributed by atoms with Gasteiger partial charge >= 0.3 is 0 Å². The van der Waals surface area contributed by atoms with Crippen LogP contribution in [0.15, 0.2) is 18.2 Å². The number of nitrogen functional groups attached to an aromatic ring is 1. The van der Waals surface area contributed by atoms with E-state index in [0.29, 0.717) is 30.2 Å². The summed E-state index contributed by atoms with van der Waals surface area (Å²) in [5.74, 6) is 0.131. The Morgan fingerprint density at radius 1 is 1.56 bits per heavy atom. The Kier molecular flexibility index (Phi) is 5.48. The number of nitrogens with zero attached hydrogens (tertiary/aromatic N) is 1. The molecule has 0 aliphatic heterocycles. The highest BCUT2D eigenvalue weighted by atomic mass is 16.5. The fraction of sp³-hybridized carbons (Fsp3) is 0.333. The molecule has 0 bridgehead atoms. The average molecular weight is 249 g/mol. The number of hydrogen-bond acceptors (Lipinski definition) is 5. The monoisotopic (exact) mass is 249 g/mol. The van der Waals surface area contributed by atoms with Crippen molar-refractivity contribution in [1.29, 1.82) is 5.26 Å². The Balaban J connectivity index is 2.44. The van der Waals surface area contributed by atoms with Crippen molar-refractivity contribution in [1.82, 2.24) is 5.32 Å². The first kappa shape index (κ1) is 13.8. The van der Waals surface area contributed by atoms with Crippen LogP contribution in [-0.4, -0.2) is 32.8 Å². The highest BCUT2D eigenvalue weighted by molar-refractivity contribution is 5.77. The van der Waals surface area contributed by atoms with Crippen LogP contribution in [0.4, 0.5) is 5.69 Å². The SMILES string of the molecule is COCCNC(=O)COc1ccc(C#N)cc1N. The van der Waals surface area contributed by atoms with E-state index in [2.05, 4.69) is 5.32 Å². The molecule has 0 spiro atoms. The summed E-state index contributed by atoms with van der Waals surface area (Å²) in [5.41, 5.74) is 6.46. The third-order valence-electron chi connectivity index (χ3n) is 2.13. The van der Waals surface area contributed by atoms with Crippen LogP contribution >= 0.6 is 0 Å². The number of rotatable bonds is 6. The number of carbonyl (C=O) groups excluding carboxylic acids is 1. The number of amides is 1. The number of nitriles is 1. The van der Waals surface area contributed by atoms with Crippen molar-refractivity contribution in [3.05, 3.63) is 23.8 Å². The number of methoxy groups -OCH3 is 1. The van der Waals surface area contributed by atoms with Crippen LogP contribution in [0.5, 0.6) is 5.75 Å². The fourth-order valence-corrected chi connectivity index (χ4v) is 1.24. The number of ether oxygens (including phenoxy) is 2. The number of hydrogen-bond donors (Lipinski definition) is 2. The fourth-order valence-electron chi connectivity index (χ4n) is 1.24. The van der Waals surface area contributed by atoms with Crippen molar-refractivity contribution < 1.29 is 14.3 Å². The van der Waals surface area contributed by atoms with Crippen molar-refractivity contribution >= 4 is 11.6 Å². The number of nitrogens with two attached hydrogens (primary N) is 1. The van der Waals surface area contributed by atoms with Crippen molar-refractivity contribution in [2.24, 2.45) is 0 Å². The topological polar surface area (TPSA) is 97.4 Å². The summed E-state index contributed by atoms with van der Waals surface area (Å²) >= 11 is 0. The molecule has 0 fully saturated rings. The van der Waals surface area contributed by atoms with Crippen LogP contribution in [0, 0.1) is 11.3 Å². The van der Waals surface area contributed by atoms with Crippen LogP contribution in [0.1, 0.15) is 5.56 Å². The quantitative estimate of drug-likeness (QED) is 0.557. The van der Waals surface area contributed by atoms with E-state index in [1.165, 1.54) is 6.07 Å². The number of benzene rings is 1. The second-order valence-electron chi connectivity index (χ2n) is 3.50. The minimum Gasteiger partial charge on any atom is -0.482 e. The summed E-state index contributed by atoms with van der Waals surface area (Å²) in [4.78, 5) is 11.3. The first-order valence-electron chi connectivity index (χ1n) is 5.35. The molecular formula is C12H15N3O3. The van der Waals surface area contributed by atoms with E-state index in [1.54, 1.807) is 19.2 Å². The van der Waals surface area contributed by atoms with Gasteiger partial charge in [-0.15, -0.1) is 0 Å². The molecule has 0 aliphatic rings. The lowest BCUT2D eigenvalue weighted by atomic mass is 10.2. The van der Waals surface area contributed by atoms with Gasteiger partial charge in [0, 0.05) is 13.7 Å². The van der Waals surface area contributed by atoms with Crippen LogP contribution in [-0.2, 0) is 9.53 Å². The third-order valence-corrected chi connectivity index (χ3v) is 2.13. The summed E-state index contributed by atoms with van der Waals surface area (Å²) in [7, 11) is 1.56. The Labute approximate surface area is 105 Å². The van der Waals surface area contributed by atoms with Gasteiger partial charge in [-0.2, -0.15) is 5.26 Å².